The van der Waals surface area contributed by atoms with Crippen LogP contribution in [0.1, 0.15) is 12.0 Å². The van der Waals surface area contributed by atoms with Crippen LogP contribution in [-0.4, -0.2) is 0 Å². The maximum Gasteiger partial charge on any atom is 0.0460 e. The van der Waals surface area contributed by atoms with Crippen molar-refractivity contribution in [2.45, 2.75) is 6.42 Å². The van der Waals surface area contributed by atoms with Gasteiger partial charge in [0.1, 0.15) is 0 Å². The SMILES string of the molecule is C1=CC(Nc2cc(-c3ccccc3)cc(-c3ccccc3)c2)=C(c2ccccc2)C=CC1. The number of nitrogens with one attached hydrogen (secondary N) is 1. The van der Waals surface area contributed by atoms with E-state index < -0.39 is 0 Å². The molecule has 0 saturated heterocycles. The zero-order valence-corrected chi connectivity index (χ0v) is 17.9. The summed E-state index contributed by atoms with van der Waals surface area (Å²) in [5.41, 5.74) is 9.41. The second-order valence-corrected chi connectivity index (χ2v) is 7.89. The molecule has 5 rings (SSSR count). The molecule has 4 aromatic carbocycles. The first-order valence-electron chi connectivity index (χ1n) is 11.0. The van der Waals surface area contributed by atoms with Crippen LogP contribution in [-0.2, 0) is 0 Å². The van der Waals surface area contributed by atoms with Gasteiger partial charge in [-0.05, 0) is 58.5 Å². The lowest BCUT2D eigenvalue weighted by atomic mass is 9.97. The van der Waals surface area contributed by atoms with E-state index in [1.807, 2.05) is 0 Å². The van der Waals surface area contributed by atoms with Gasteiger partial charge in [-0.15, -0.1) is 0 Å². The molecule has 154 valence electrons. The third-order valence-corrected chi connectivity index (χ3v) is 5.64. The Hall–Kier alpha value is -4.10. The summed E-state index contributed by atoms with van der Waals surface area (Å²) in [6.45, 7) is 0. The quantitative estimate of drug-likeness (QED) is 0.348. The van der Waals surface area contributed by atoms with Crippen molar-refractivity contribution in [3.05, 3.63) is 145 Å². The van der Waals surface area contributed by atoms with E-state index >= 15 is 0 Å². The van der Waals surface area contributed by atoms with Crippen molar-refractivity contribution in [3.8, 4) is 22.3 Å². The summed E-state index contributed by atoms with van der Waals surface area (Å²) >= 11 is 0. The van der Waals surface area contributed by atoms with Crippen molar-refractivity contribution < 1.29 is 0 Å². The van der Waals surface area contributed by atoms with E-state index in [0.29, 0.717) is 0 Å². The topological polar surface area (TPSA) is 12.0 Å². The van der Waals surface area contributed by atoms with Gasteiger partial charge in [0.05, 0.1) is 0 Å². The molecule has 1 aliphatic rings. The molecule has 0 amide bonds. The molecule has 0 fully saturated rings. The van der Waals surface area contributed by atoms with Gasteiger partial charge in [-0.2, -0.15) is 0 Å². The van der Waals surface area contributed by atoms with Gasteiger partial charge in [0.15, 0.2) is 0 Å². The lowest BCUT2D eigenvalue weighted by Crippen LogP contribution is -2.01. The number of hydrogen-bond donors (Lipinski definition) is 1. The normalized spacial score (nSPS) is 13.1. The zero-order chi connectivity index (χ0) is 21.6. The number of rotatable bonds is 5. The number of hydrogen-bond acceptors (Lipinski definition) is 1. The number of benzene rings is 4. The molecule has 4 aromatic rings. The summed E-state index contributed by atoms with van der Waals surface area (Å²) in [7, 11) is 0. The lowest BCUT2D eigenvalue weighted by Gasteiger charge is -2.16. The molecule has 1 aliphatic carbocycles. The van der Waals surface area contributed by atoms with Crippen molar-refractivity contribution in [1.82, 2.24) is 0 Å². The van der Waals surface area contributed by atoms with E-state index in [-0.39, 0.29) is 0 Å². The van der Waals surface area contributed by atoms with Gasteiger partial charge < -0.3 is 5.32 Å². The van der Waals surface area contributed by atoms with E-state index in [1.165, 1.54) is 33.4 Å². The molecule has 0 atom stereocenters. The van der Waals surface area contributed by atoms with Crippen LogP contribution in [0.25, 0.3) is 27.8 Å². The van der Waals surface area contributed by atoms with Crippen LogP contribution in [0.15, 0.2) is 139 Å². The highest BCUT2D eigenvalue weighted by atomic mass is 14.9. The van der Waals surface area contributed by atoms with Gasteiger partial charge in [-0.25, -0.2) is 0 Å². The minimum absolute atomic E-state index is 0.931. The fourth-order valence-corrected chi connectivity index (χ4v) is 4.06. The predicted octanol–water partition coefficient (Wildman–Crippen LogP) is 8.36. The summed E-state index contributed by atoms with van der Waals surface area (Å²) in [6, 6.07) is 38.4. The van der Waals surface area contributed by atoms with Crippen LogP contribution >= 0.6 is 0 Å². The van der Waals surface area contributed by atoms with Crippen LogP contribution in [0.5, 0.6) is 0 Å². The minimum atomic E-state index is 0.931. The maximum absolute atomic E-state index is 3.73. The predicted molar refractivity (Wildman–Crippen MR) is 137 cm³/mol. The Morgan fingerprint density at radius 2 is 0.969 bits per heavy atom. The highest BCUT2D eigenvalue weighted by Gasteiger charge is 2.10. The Labute approximate surface area is 190 Å². The Morgan fingerprint density at radius 1 is 0.469 bits per heavy atom. The molecule has 32 heavy (non-hydrogen) atoms. The van der Waals surface area contributed by atoms with Gasteiger partial charge >= 0.3 is 0 Å². The Morgan fingerprint density at radius 3 is 1.53 bits per heavy atom. The summed E-state index contributed by atoms with van der Waals surface area (Å²) in [4.78, 5) is 0. The largest absolute Gasteiger partial charge is 0.355 e. The molecular weight excluding hydrogens is 386 g/mol. The molecule has 0 aromatic heterocycles. The minimum Gasteiger partial charge on any atom is -0.355 e. The van der Waals surface area contributed by atoms with Crippen molar-refractivity contribution in [1.29, 1.82) is 0 Å². The molecule has 0 spiro atoms. The fraction of sp³-hybridized carbons (Fsp3) is 0.0323. The van der Waals surface area contributed by atoms with Crippen molar-refractivity contribution in [2.24, 2.45) is 0 Å². The molecular formula is C31H25N. The first-order chi connectivity index (χ1) is 15.9. The zero-order valence-electron chi connectivity index (χ0n) is 17.9. The monoisotopic (exact) mass is 411 g/mol. The van der Waals surface area contributed by atoms with Gasteiger partial charge in [0, 0.05) is 17.0 Å². The van der Waals surface area contributed by atoms with Crippen LogP contribution < -0.4 is 5.32 Å². The molecule has 0 aliphatic heterocycles. The van der Waals surface area contributed by atoms with Crippen LogP contribution in [0.3, 0.4) is 0 Å². The molecule has 0 bridgehead atoms. The number of allylic oxidation sites excluding steroid dienone is 5. The molecule has 0 unspecified atom stereocenters. The van der Waals surface area contributed by atoms with Crippen molar-refractivity contribution in [2.75, 3.05) is 5.32 Å². The maximum atomic E-state index is 3.73. The standard InChI is InChI=1S/C31H25N/c1-5-13-24(14-6-1)27-21-28(25-15-7-2-8-16-25)23-29(22-27)32-31-20-12-4-11-19-30(31)26-17-9-3-10-18-26/h1-3,5-23,32H,4H2. The van der Waals surface area contributed by atoms with Crippen molar-refractivity contribution >= 4 is 11.3 Å². The molecule has 1 heteroatoms. The van der Waals surface area contributed by atoms with E-state index in [2.05, 4.69) is 139 Å². The summed E-state index contributed by atoms with van der Waals surface area (Å²) < 4.78 is 0. The van der Waals surface area contributed by atoms with E-state index in [4.69, 9.17) is 0 Å². The second-order valence-electron chi connectivity index (χ2n) is 7.89. The Kier molecular flexibility index (Phi) is 5.80. The third kappa shape index (κ3) is 4.48. The average molecular weight is 412 g/mol. The molecule has 1 N–H and O–H groups in total. The smallest absolute Gasteiger partial charge is 0.0460 e. The lowest BCUT2D eigenvalue weighted by molar-refractivity contribution is 1.39. The molecule has 1 nitrogen and oxygen atoms in total. The van der Waals surface area contributed by atoms with E-state index in [1.54, 1.807) is 0 Å². The highest BCUT2D eigenvalue weighted by Crippen LogP contribution is 2.32. The highest BCUT2D eigenvalue weighted by molar-refractivity contribution is 5.84. The summed E-state index contributed by atoms with van der Waals surface area (Å²) in [5.74, 6) is 0. The fourth-order valence-electron chi connectivity index (χ4n) is 4.06. The summed E-state index contributed by atoms with van der Waals surface area (Å²) in [6.07, 6.45) is 9.76. The Bertz CT molecular complexity index is 1220. The first-order valence-corrected chi connectivity index (χ1v) is 11.0. The van der Waals surface area contributed by atoms with Gasteiger partial charge in [0.2, 0.25) is 0 Å². The van der Waals surface area contributed by atoms with Crippen LogP contribution in [0.2, 0.25) is 0 Å². The second kappa shape index (κ2) is 9.36. The van der Waals surface area contributed by atoms with E-state index in [0.717, 1.165) is 17.8 Å². The molecule has 0 radical (unpaired) electrons. The third-order valence-electron chi connectivity index (χ3n) is 5.64. The van der Waals surface area contributed by atoms with Gasteiger partial charge in [0.25, 0.3) is 0 Å². The van der Waals surface area contributed by atoms with Crippen LogP contribution in [0, 0.1) is 0 Å². The van der Waals surface area contributed by atoms with Gasteiger partial charge in [-0.3, -0.25) is 0 Å². The average Bonchev–Trinajstić information content (AvgIpc) is 3.11. The van der Waals surface area contributed by atoms with Crippen molar-refractivity contribution in [3.63, 3.8) is 0 Å². The van der Waals surface area contributed by atoms with Crippen LogP contribution in [0.4, 0.5) is 5.69 Å². The van der Waals surface area contributed by atoms with E-state index in [9.17, 15) is 0 Å². The molecule has 0 heterocycles. The summed E-state index contributed by atoms with van der Waals surface area (Å²) in [5, 5.41) is 3.73. The number of anilines is 1. The molecule has 0 saturated carbocycles. The van der Waals surface area contributed by atoms with Gasteiger partial charge in [-0.1, -0.05) is 109 Å². The Balaban J connectivity index is 1.62. The first kappa shape index (κ1) is 19.8.